The molecule has 1 atom stereocenters. The second kappa shape index (κ2) is 10.7. The molecule has 3 rings (SSSR count). The summed E-state index contributed by atoms with van der Waals surface area (Å²) >= 11 is 9.15. The molecule has 1 amide bonds. The molecule has 0 aliphatic carbocycles. The van der Waals surface area contributed by atoms with Gasteiger partial charge in [0.1, 0.15) is 11.5 Å². The SMILES string of the molecule is C[C@H](Oc1ccc(Cl)cc1)C(=O)N/N=C\c1ccc(OC(=O)c2cccc(Br)c2)cc1. The van der Waals surface area contributed by atoms with E-state index in [0.29, 0.717) is 27.6 Å². The summed E-state index contributed by atoms with van der Waals surface area (Å²) in [6.07, 6.45) is 0.741. The highest BCUT2D eigenvalue weighted by Gasteiger charge is 2.14. The summed E-state index contributed by atoms with van der Waals surface area (Å²) in [5, 5.41) is 4.51. The van der Waals surface area contributed by atoms with Crippen LogP contribution in [0, 0.1) is 0 Å². The molecule has 31 heavy (non-hydrogen) atoms. The van der Waals surface area contributed by atoms with E-state index in [4.69, 9.17) is 21.1 Å². The van der Waals surface area contributed by atoms with E-state index in [1.54, 1.807) is 73.7 Å². The third kappa shape index (κ3) is 6.94. The fourth-order valence-corrected chi connectivity index (χ4v) is 2.96. The summed E-state index contributed by atoms with van der Waals surface area (Å²) in [5.41, 5.74) is 3.58. The van der Waals surface area contributed by atoms with Crippen molar-refractivity contribution >= 4 is 45.6 Å². The minimum atomic E-state index is -0.738. The lowest BCUT2D eigenvalue weighted by Gasteiger charge is -2.12. The number of benzene rings is 3. The third-order valence-corrected chi connectivity index (χ3v) is 4.78. The molecule has 0 bridgehead atoms. The number of hydrazone groups is 1. The lowest BCUT2D eigenvalue weighted by atomic mass is 10.2. The Balaban J connectivity index is 1.50. The molecule has 6 nitrogen and oxygen atoms in total. The third-order valence-electron chi connectivity index (χ3n) is 4.04. The van der Waals surface area contributed by atoms with Crippen LogP contribution in [0.3, 0.4) is 0 Å². The Hall–Kier alpha value is -3.16. The first kappa shape index (κ1) is 22.5. The summed E-state index contributed by atoms with van der Waals surface area (Å²) in [4.78, 5) is 24.3. The highest BCUT2D eigenvalue weighted by Crippen LogP contribution is 2.17. The molecule has 0 heterocycles. The van der Waals surface area contributed by atoms with Crippen molar-refractivity contribution in [3.05, 3.63) is 93.4 Å². The minimum Gasteiger partial charge on any atom is -0.481 e. The standard InChI is InChI=1S/C23H18BrClN2O4/c1-15(30-20-11-7-19(25)8-12-20)22(28)27-26-14-16-5-9-21(10-6-16)31-23(29)17-3-2-4-18(24)13-17/h2-15H,1H3,(H,27,28)/b26-14-/t15-/m0/s1. The van der Waals surface area contributed by atoms with Gasteiger partial charge in [-0.3, -0.25) is 4.79 Å². The smallest absolute Gasteiger partial charge is 0.343 e. The van der Waals surface area contributed by atoms with Crippen LogP contribution >= 0.6 is 27.5 Å². The van der Waals surface area contributed by atoms with Crippen LogP contribution in [0.15, 0.2) is 82.4 Å². The zero-order valence-electron chi connectivity index (χ0n) is 16.4. The van der Waals surface area contributed by atoms with Gasteiger partial charge in [0.15, 0.2) is 6.10 Å². The van der Waals surface area contributed by atoms with Crippen molar-refractivity contribution in [2.24, 2.45) is 5.10 Å². The lowest BCUT2D eigenvalue weighted by molar-refractivity contribution is -0.127. The van der Waals surface area contributed by atoms with E-state index >= 15 is 0 Å². The normalized spacial score (nSPS) is 11.7. The molecule has 3 aromatic rings. The van der Waals surface area contributed by atoms with Crippen LogP contribution in [-0.2, 0) is 4.79 Å². The Bertz CT molecular complexity index is 1090. The molecular weight excluding hydrogens is 484 g/mol. The molecule has 158 valence electrons. The first-order chi connectivity index (χ1) is 14.9. The number of amides is 1. The highest BCUT2D eigenvalue weighted by molar-refractivity contribution is 9.10. The van der Waals surface area contributed by atoms with Crippen LogP contribution in [0.25, 0.3) is 0 Å². The number of carbonyl (C=O) groups excluding carboxylic acids is 2. The second-order valence-corrected chi connectivity index (χ2v) is 7.77. The molecule has 0 fully saturated rings. The van der Waals surface area contributed by atoms with Crippen molar-refractivity contribution in [3.8, 4) is 11.5 Å². The van der Waals surface area contributed by atoms with E-state index in [-0.39, 0.29) is 0 Å². The van der Waals surface area contributed by atoms with Gasteiger partial charge in [0.2, 0.25) is 0 Å². The summed E-state index contributed by atoms with van der Waals surface area (Å²) in [7, 11) is 0. The van der Waals surface area contributed by atoms with Gasteiger partial charge in [0, 0.05) is 9.50 Å². The van der Waals surface area contributed by atoms with Gasteiger partial charge in [-0.2, -0.15) is 5.10 Å². The van der Waals surface area contributed by atoms with E-state index in [1.165, 1.54) is 6.21 Å². The molecule has 8 heteroatoms. The Morgan fingerprint density at radius 3 is 2.39 bits per heavy atom. The van der Waals surface area contributed by atoms with E-state index in [9.17, 15) is 9.59 Å². The van der Waals surface area contributed by atoms with Gasteiger partial charge in [-0.25, -0.2) is 10.2 Å². The van der Waals surface area contributed by atoms with Crippen LogP contribution < -0.4 is 14.9 Å². The molecule has 1 N–H and O–H groups in total. The van der Waals surface area contributed by atoms with E-state index < -0.39 is 18.0 Å². The molecule has 0 aromatic heterocycles. The van der Waals surface area contributed by atoms with Crippen molar-refractivity contribution in [2.45, 2.75) is 13.0 Å². The Morgan fingerprint density at radius 1 is 1.03 bits per heavy atom. The monoisotopic (exact) mass is 500 g/mol. The Labute approximate surface area is 193 Å². The number of esters is 1. The molecule has 0 aliphatic rings. The minimum absolute atomic E-state index is 0.397. The van der Waals surface area contributed by atoms with Crippen LogP contribution in [0.2, 0.25) is 5.02 Å². The van der Waals surface area contributed by atoms with Crippen molar-refractivity contribution < 1.29 is 19.1 Å². The molecular formula is C23H18BrClN2O4. The van der Waals surface area contributed by atoms with Crippen molar-refractivity contribution in [3.63, 3.8) is 0 Å². The number of nitrogens with one attached hydrogen (secondary N) is 1. The maximum atomic E-state index is 12.2. The van der Waals surface area contributed by atoms with Crippen LogP contribution in [0.5, 0.6) is 11.5 Å². The zero-order chi connectivity index (χ0) is 22.2. The fourth-order valence-electron chi connectivity index (χ4n) is 2.44. The van der Waals surface area contributed by atoms with Crippen molar-refractivity contribution in [2.75, 3.05) is 0 Å². The summed E-state index contributed by atoms with van der Waals surface area (Å²) in [6.45, 7) is 1.62. The number of rotatable bonds is 7. The van der Waals surface area contributed by atoms with Crippen molar-refractivity contribution in [1.29, 1.82) is 0 Å². The van der Waals surface area contributed by atoms with E-state index in [1.807, 2.05) is 6.07 Å². The lowest BCUT2D eigenvalue weighted by Crippen LogP contribution is -2.33. The van der Waals surface area contributed by atoms with Gasteiger partial charge >= 0.3 is 5.97 Å². The van der Waals surface area contributed by atoms with Crippen molar-refractivity contribution in [1.82, 2.24) is 5.43 Å². The largest absolute Gasteiger partial charge is 0.481 e. The number of hydrogen-bond donors (Lipinski definition) is 1. The number of hydrogen-bond acceptors (Lipinski definition) is 5. The van der Waals surface area contributed by atoms with Crippen LogP contribution in [0.1, 0.15) is 22.8 Å². The molecule has 0 unspecified atom stereocenters. The Morgan fingerprint density at radius 2 is 1.71 bits per heavy atom. The predicted molar refractivity (Wildman–Crippen MR) is 123 cm³/mol. The quantitative estimate of drug-likeness (QED) is 0.208. The maximum absolute atomic E-state index is 12.2. The van der Waals surface area contributed by atoms with E-state index in [2.05, 4.69) is 26.5 Å². The molecule has 0 spiro atoms. The molecule has 3 aromatic carbocycles. The second-order valence-electron chi connectivity index (χ2n) is 6.42. The van der Waals surface area contributed by atoms with E-state index in [0.717, 1.165) is 4.47 Å². The Kier molecular flexibility index (Phi) is 7.81. The number of nitrogens with zero attached hydrogens (tertiary/aromatic N) is 1. The molecule has 0 saturated heterocycles. The maximum Gasteiger partial charge on any atom is 0.343 e. The number of carbonyl (C=O) groups is 2. The van der Waals surface area contributed by atoms with Gasteiger partial charge in [0.05, 0.1) is 11.8 Å². The van der Waals surface area contributed by atoms with Gasteiger partial charge in [-0.05, 0) is 79.2 Å². The number of halogens is 2. The molecule has 0 aliphatic heterocycles. The molecule has 0 saturated carbocycles. The summed E-state index contributed by atoms with van der Waals surface area (Å²) < 4.78 is 11.7. The van der Waals surface area contributed by atoms with Gasteiger partial charge < -0.3 is 9.47 Å². The van der Waals surface area contributed by atoms with Gasteiger partial charge in [-0.1, -0.05) is 33.6 Å². The average molecular weight is 502 g/mol. The van der Waals surface area contributed by atoms with Gasteiger partial charge in [0.25, 0.3) is 5.91 Å². The number of ether oxygens (including phenoxy) is 2. The van der Waals surface area contributed by atoms with Gasteiger partial charge in [-0.15, -0.1) is 0 Å². The van der Waals surface area contributed by atoms with Crippen LogP contribution in [0.4, 0.5) is 0 Å². The zero-order valence-corrected chi connectivity index (χ0v) is 18.8. The van der Waals surface area contributed by atoms with Crippen LogP contribution in [-0.4, -0.2) is 24.2 Å². The highest BCUT2D eigenvalue weighted by atomic mass is 79.9. The summed E-state index contributed by atoms with van der Waals surface area (Å²) in [6, 6.07) is 20.4. The average Bonchev–Trinajstić information content (AvgIpc) is 2.76. The predicted octanol–water partition coefficient (Wildman–Crippen LogP) is 5.24. The first-order valence-electron chi connectivity index (χ1n) is 9.23. The fraction of sp³-hybridized carbons (Fsp3) is 0.0870. The first-order valence-corrected chi connectivity index (χ1v) is 10.4. The molecule has 0 radical (unpaired) electrons. The summed E-state index contributed by atoms with van der Waals surface area (Å²) in [5.74, 6) is 0.0793. The topological polar surface area (TPSA) is 77.0 Å².